The number of nitrogens with zero attached hydrogens (tertiary/aromatic N) is 10. The largest absolute Gasteiger partial charge is 0.379 e. The number of rotatable bonds is 11. The number of piperazine rings is 1. The van der Waals surface area contributed by atoms with Gasteiger partial charge in [0, 0.05) is 89.2 Å². The van der Waals surface area contributed by atoms with Gasteiger partial charge in [-0.3, -0.25) is 24.8 Å². The summed E-state index contributed by atoms with van der Waals surface area (Å²) in [5.41, 5.74) is 5.48. The van der Waals surface area contributed by atoms with Crippen LogP contribution in [0.4, 0.5) is 16.6 Å². The lowest BCUT2D eigenvalue weighted by atomic mass is 9.91. The van der Waals surface area contributed by atoms with Crippen molar-refractivity contribution >= 4 is 52.6 Å². The van der Waals surface area contributed by atoms with Crippen molar-refractivity contribution in [1.29, 1.82) is 5.26 Å². The van der Waals surface area contributed by atoms with Crippen molar-refractivity contribution in [3.63, 3.8) is 0 Å². The van der Waals surface area contributed by atoms with Gasteiger partial charge < -0.3 is 19.9 Å². The fraction of sp³-hybridized carbons (Fsp3) is 0.450. The van der Waals surface area contributed by atoms with Crippen LogP contribution in [0, 0.1) is 17.2 Å². The Morgan fingerprint density at radius 2 is 1.89 bits per heavy atom. The van der Waals surface area contributed by atoms with Crippen LogP contribution in [0.2, 0.25) is 0 Å². The zero-order valence-corrected chi connectivity index (χ0v) is 32.4. The van der Waals surface area contributed by atoms with Gasteiger partial charge in [0.15, 0.2) is 5.01 Å². The first-order valence-electron chi connectivity index (χ1n) is 19.3. The fourth-order valence-corrected chi connectivity index (χ4v) is 8.92. The number of aromatic nitrogens is 5. The van der Waals surface area contributed by atoms with Gasteiger partial charge in [0.25, 0.3) is 0 Å². The number of pyridine rings is 2. The first-order valence-corrected chi connectivity index (χ1v) is 20.1. The molecule has 0 radical (unpaired) electrons. The summed E-state index contributed by atoms with van der Waals surface area (Å²) >= 11 is 1.59. The van der Waals surface area contributed by atoms with E-state index in [1.807, 2.05) is 36.5 Å². The van der Waals surface area contributed by atoms with E-state index in [0.29, 0.717) is 30.9 Å². The highest BCUT2D eigenvalue weighted by molar-refractivity contribution is 7.18. The summed E-state index contributed by atoms with van der Waals surface area (Å²) in [7, 11) is 0. The van der Waals surface area contributed by atoms with Crippen molar-refractivity contribution in [1.82, 2.24) is 35.1 Å². The van der Waals surface area contributed by atoms with E-state index in [4.69, 9.17) is 14.7 Å². The predicted molar refractivity (Wildman–Crippen MR) is 217 cm³/mol. The van der Waals surface area contributed by atoms with Crippen molar-refractivity contribution in [3.8, 4) is 28.0 Å². The van der Waals surface area contributed by atoms with Gasteiger partial charge in [-0.1, -0.05) is 17.4 Å². The maximum Gasteiger partial charge on any atom is 0.234 e. The van der Waals surface area contributed by atoms with E-state index in [0.717, 1.165) is 122 Å². The number of amides is 2. The van der Waals surface area contributed by atoms with Crippen LogP contribution in [0.5, 0.6) is 0 Å². The van der Waals surface area contributed by atoms with Crippen molar-refractivity contribution in [2.45, 2.75) is 51.0 Å². The lowest BCUT2D eigenvalue weighted by molar-refractivity contribution is -0.134. The normalized spacial score (nSPS) is 21.2. The highest BCUT2D eigenvalue weighted by Crippen LogP contribution is 2.37. The molecule has 2 atom stereocenters. The Morgan fingerprint density at radius 1 is 1.05 bits per heavy atom. The number of nitrogens with one attached hydrogen (secondary N) is 2. The zero-order valence-electron chi connectivity index (χ0n) is 31.6. The molecule has 0 saturated carbocycles. The lowest BCUT2D eigenvalue weighted by Crippen LogP contribution is -2.49. The number of piperidine rings is 2. The summed E-state index contributed by atoms with van der Waals surface area (Å²) < 4.78 is 7.37. The standard InChI is InChI=1S/C40H46N12O3S/c1-26(21-41)19-30-4-6-35(52(30)42-2)34-20-33(45-29-11-18-55-25-29)32(23-43-34)39-47-48-40(56-39)51-16-14-49(15-17-51)24-27-9-12-50(13-10-27)36-7-3-28(22-44-36)31-5-8-37(53)46-38(31)54/h3-4,6-7,19-20,22-23,27,29,31H,2,5,8-18,24-25H2,1H3,(H,43,45)(H,46,53,54)/b26-19+/t29-,31+/m0/s1. The quantitative estimate of drug-likeness (QED) is 0.124. The van der Waals surface area contributed by atoms with Crippen LogP contribution in [0.1, 0.15) is 56.2 Å². The average molecular weight is 775 g/mol. The van der Waals surface area contributed by atoms with E-state index in [1.54, 1.807) is 35.2 Å². The zero-order chi connectivity index (χ0) is 38.6. The molecule has 4 aromatic rings. The molecular formula is C40H46N12O3S. The number of carbonyl (C=O) groups is 2. The average Bonchev–Trinajstić information content (AvgIpc) is 4.01. The Bertz CT molecular complexity index is 2140. The van der Waals surface area contributed by atoms with Crippen LogP contribution in [-0.4, -0.2) is 113 Å². The first kappa shape index (κ1) is 37.4. The van der Waals surface area contributed by atoms with Gasteiger partial charge in [-0.2, -0.15) is 10.4 Å². The van der Waals surface area contributed by atoms with Crippen LogP contribution in [-0.2, 0) is 14.3 Å². The number of imide groups is 1. The van der Waals surface area contributed by atoms with Crippen LogP contribution in [0.15, 0.2) is 53.4 Å². The maximum absolute atomic E-state index is 12.3. The van der Waals surface area contributed by atoms with Gasteiger partial charge in [0.2, 0.25) is 16.9 Å². The number of carbonyl (C=O) groups excluding carboxylic acids is 2. The topological polar surface area (TPSA) is 170 Å². The Labute approximate surface area is 330 Å². The molecule has 4 aromatic heterocycles. The van der Waals surface area contributed by atoms with Crippen molar-refractivity contribution in [3.05, 3.63) is 59.6 Å². The Kier molecular flexibility index (Phi) is 11.2. The summed E-state index contributed by atoms with van der Waals surface area (Å²) in [6.45, 7) is 13.6. The van der Waals surface area contributed by atoms with Crippen molar-refractivity contribution in [2.75, 3.05) is 74.1 Å². The molecule has 2 N–H and O–H groups in total. The molecule has 4 aliphatic heterocycles. The van der Waals surface area contributed by atoms with Crippen molar-refractivity contribution in [2.24, 2.45) is 11.0 Å². The van der Waals surface area contributed by atoms with E-state index in [9.17, 15) is 14.9 Å². The molecule has 0 spiro atoms. The number of anilines is 3. The molecule has 0 bridgehead atoms. The highest BCUT2D eigenvalue weighted by atomic mass is 32.1. The molecule has 2 amide bonds. The van der Waals surface area contributed by atoms with Gasteiger partial charge in [-0.25, -0.2) is 9.66 Å². The molecule has 0 unspecified atom stereocenters. The van der Waals surface area contributed by atoms with Gasteiger partial charge >= 0.3 is 0 Å². The minimum Gasteiger partial charge on any atom is -0.379 e. The molecule has 16 heteroatoms. The highest BCUT2D eigenvalue weighted by Gasteiger charge is 2.30. The van der Waals surface area contributed by atoms with Crippen LogP contribution < -0.4 is 20.4 Å². The molecule has 4 fully saturated rings. The van der Waals surface area contributed by atoms with Gasteiger partial charge in [-0.05, 0) is 74.4 Å². The van der Waals surface area contributed by atoms with Crippen LogP contribution in [0.3, 0.4) is 0 Å². The third-order valence-corrected chi connectivity index (χ3v) is 12.2. The fourth-order valence-electron chi connectivity index (χ4n) is 8.00. The van der Waals surface area contributed by atoms with E-state index in [2.05, 4.69) is 53.4 Å². The monoisotopic (exact) mass is 774 g/mol. The molecular weight excluding hydrogens is 729 g/mol. The SMILES string of the molecule is C=Nn1c(/C=C(\C)C#N)ccc1-c1cc(N[C@H]2CCOC2)c(-c2nnc(N3CCN(CC4CCN(c5ccc([C@H]6CCC(=O)NC6=O)cn5)CC4)CC3)s2)cn1. The number of ether oxygens (including phenoxy) is 1. The third-order valence-electron chi connectivity index (χ3n) is 11.2. The minimum absolute atomic E-state index is 0.174. The second-order valence-electron chi connectivity index (χ2n) is 14.9. The minimum atomic E-state index is -0.309. The maximum atomic E-state index is 12.3. The Hall–Kier alpha value is -5.50. The molecule has 0 aliphatic carbocycles. The second-order valence-corrected chi connectivity index (χ2v) is 15.9. The summed E-state index contributed by atoms with van der Waals surface area (Å²) in [6, 6.07) is 12.2. The molecule has 0 aromatic carbocycles. The summed E-state index contributed by atoms with van der Waals surface area (Å²) in [5.74, 6) is 0.844. The molecule has 290 valence electrons. The molecule has 8 heterocycles. The Morgan fingerprint density at radius 3 is 2.61 bits per heavy atom. The summed E-state index contributed by atoms with van der Waals surface area (Å²) in [6.07, 6.45) is 9.47. The van der Waals surface area contributed by atoms with E-state index >= 15 is 0 Å². The smallest absolute Gasteiger partial charge is 0.234 e. The molecule has 15 nitrogen and oxygen atoms in total. The van der Waals surface area contributed by atoms with E-state index in [1.165, 1.54) is 0 Å². The van der Waals surface area contributed by atoms with Crippen LogP contribution in [0.25, 0.3) is 28.0 Å². The number of hydrogen-bond acceptors (Lipinski definition) is 14. The first-order chi connectivity index (χ1) is 27.3. The number of hydrogen-bond donors (Lipinski definition) is 2. The Balaban J connectivity index is 0.870. The lowest BCUT2D eigenvalue weighted by Gasteiger charge is -2.39. The van der Waals surface area contributed by atoms with Crippen molar-refractivity contribution < 1.29 is 14.3 Å². The summed E-state index contributed by atoms with van der Waals surface area (Å²) in [5, 5.41) is 30.6. The van der Waals surface area contributed by atoms with E-state index < -0.39 is 0 Å². The van der Waals surface area contributed by atoms with E-state index in [-0.39, 0.29) is 23.8 Å². The second kappa shape index (κ2) is 16.7. The number of nitriles is 1. The molecule has 4 saturated heterocycles. The van der Waals surface area contributed by atoms with Gasteiger partial charge in [0.05, 0.1) is 47.3 Å². The van der Waals surface area contributed by atoms with Crippen LogP contribution >= 0.6 is 11.3 Å². The predicted octanol–water partition coefficient (Wildman–Crippen LogP) is 4.61. The molecule has 8 rings (SSSR count). The van der Waals surface area contributed by atoms with Gasteiger partial charge in [-0.15, -0.1) is 10.2 Å². The molecule has 4 aliphatic rings. The number of allylic oxidation sites excluding steroid dienone is 1. The third kappa shape index (κ3) is 8.20. The van der Waals surface area contributed by atoms with Gasteiger partial charge in [0.1, 0.15) is 5.82 Å². The summed E-state index contributed by atoms with van der Waals surface area (Å²) in [4.78, 5) is 40.6. The molecule has 56 heavy (non-hydrogen) atoms.